The van der Waals surface area contributed by atoms with Gasteiger partial charge in [0.25, 0.3) is 5.19 Å². The lowest BCUT2D eigenvalue weighted by Crippen LogP contribution is -2.29. The molecule has 0 saturated heterocycles. The van der Waals surface area contributed by atoms with Crippen LogP contribution in [0.15, 0.2) is 6.20 Å². The number of hydrogen-bond donors (Lipinski definition) is 1. The monoisotopic (exact) mass is 240 g/mol. The Balaban J connectivity index is 1.87. The van der Waals surface area contributed by atoms with E-state index in [1.807, 2.05) is 6.20 Å². The van der Waals surface area contributed by atoms with Crippen molar-refractivity contribution in [3.05, 3.63) is 11.1 Å². The Kier molecular flexibility index (Phi) is 3.50. The highest BCUT2D eigenvalue weighted by Gasteiger charge is 2.19. The third kappa shape index (κ3) is 2.95. The van der Waals surface area contributed by atoms with Crippen LogP contribution in [0.4, 0.5) is 0 Å². The second kappa shape index (κ2) is 4.72. The molecule has 0 aliphatic heterocycles. The maximum atomic E-state index is 5.52. The lowest BCUT2D eigenvalue weighted by atomic mass is 9.96. The van der Waals surface area contributed by atoms with Gasteiger partial charge in [-0.05, 0) is 18.3 Å². The predicted molar refractivity (Wildman–Crippen MR) is 66.8 cm³/mol. The molecule has 1 N–H and O–H groups in total. The second-order valence-corrected chi connectivity index (χ2v) is 6.43. The molecule has 16 heavy (non-hydrogen) atoms. The predicted octanol–water partition coefficient (Wildman–Crippen LogP) is 3.27. The Bertz CT molecular complexity index is 337. The van der Waals surface area contributed by atoms with Crippen LogP contribution in [0.5, 0.6) is 5.19 Å². The first-order valence-corrected chi connectivity index (χ1v) is 6.76. The zero-order valence-corrected chi connectivity index (χ0v) is 11.1. The maximum Gasteiger partial charge on any atom is 0.294 e. The Morgan fingerprint density at radius 3 is 2.62 bits per heavy atom. The third-order valence-electron chi connectivity index (χ3n) is 2.89. The second-order valence-electron chi connectivity index (χ2n) is 5.44. The molecule has 1 aromatic rings. The Morgan fingerprint density at radius 2 is 2.06 bits per heavy atom. The Hall–Kier alpha value is -0.610. The molecule has 2 rings (SSSR count). The molecular weight excluding hydrogens is 220 g/mol. The molecule has 1 heterocycles. The van der Waals surface area contributed by atoms with E-state index < -0.39 is 0 Å². The summed E-state index contributed by atoms with van der Waals surface area (Å²) in [6, 6.07) is 0.516. The molecule has 0 atom stereocenters. The van der Waals surface area contributed by atoms with Crippen LogP contribution in [0.3, 0.4) is 0 Å². The van der Waals surface area contributed by atoms with Crippen molar-refractivity contribution in [2.45, 2.75) is 57.9 Å². The molecule has 1 fully saturated rings. The van der Waals surface area contributed by atoms with Crippen molar-refractivity contribution in [1.82, 2.24) is 10.5 Å². The fraction of sp³-hybridized carbons (Fsp3) is 0.750. The van der Waals surface area contributed by atoms with Crippen molar-refractivity contribution < 1.29 is 4.84 Å². The standard InChI is InChI=1S/C12H20N2OS/c1-12(2,3)10-8-13-11(16-10)15-14-9-6-4-5-7-9/h8-9,14H,4-7H2,1-3H3. The maximum absolute atomic E-state index is 5.52. The van der Waals surface area contributed by atoms with Gasteiger partial charge in [0.1, 0.15) is 0 Å². The molecule has 1 aromatic heterocycles. The van der Waals surface area contributed by atoms with Gasteiger partial charge in [-0.1, -0.05) is 44.9 Å². The summed E-state index contributed by atoms with van der Waals surface area (Å²) in [6.07, 6.45) is 6.98. The highest BCUT2D eigenvalue weighted by Crippen LogP contribution is 2.31. The van der Waals surface area contributed by atoms with Gasteiger partial charge in [0.15, 0.2) is 0 Å². The van der Waals surface area contributed by atoms with Crippen LogP contribution in [-0.2, 0) is 5.41 Å². The summed E-state index contributed by atoms with van der Waals surface area (Å²) in [4.78, 5) is 11.1. The first kappa shape index (κ1) is 11.9. The summed E-state index contributed by atoms with van der Waals surface area (Å²) in [5, 5.41) is 0.733. The summed E-state index contributed by atoms with van der Waals surface area (Å²) in [7, 11) is 0. The fourth-order valence-corrected chi connectivity index (χ4v) is 2.62. The van der Waals surface area contributed by atoms with E-state index in [9.17, 15) is 0 Å². The normalized spacial score (nSPS) is 17.9. The molecule has 0 radical (unpaired) electrons. The van der Waals surface area contributed by atoms with Gasteiger partial charge in [0, 0.05) is 17.1 Å². The van der Waals surface area contributed by atoms with Gasteiger partial charge < -0.3 is 4.84 Å². The van der Waals surface area contributed by atoms with Gasteiger partial charge in [-0.2, -0.15) is 5.48 Å². The van der Waals surface area contributed by atoms with Gasteiger partial charge in [-0.15, -0.1) is 0 Å². The summed E-state index contributed by atoms with van der Waals surface area (Å²) in [6.45, 7) is 6.57. The van der Waals surface area contributed by atoms with Gasteiger partial charge in [-0.25, -0.2) is 4.98 Å². The smallest absolute Gasteiger partial charge is 0.294 e. The van der Waals surface area contributed by atoms with Crippen molar-refractivity contribution in [3.8, 4) is 5.19 Å². The van der Waals surface area contributed by atoms with Crippen molar-refractivity contribution in [2.75, 3.05) is 0 Å². The van der Waals surface area contributed by atoms with Crippen LogP contribution >= 0.6 is 11.3 Å². The van der Waals surface area contributed by atoms with E-state index in [1.54, 1.807) is 11.3 Å². The number of hydroxylamine groups is 1. The molecule has 1 aliphatic carbocycles. The molecule has 0 amide bonds. The van der Waals surface area contributed by atoms with E-state index in [0.717, 1.165) is 5.19 Å². The largest absolute Gasteiger partial charge is 0.377 e. The minimum absolute atomic E-state index is 0.159. The Morgan fingerprint density at radius 1 is 1.38 bits per heavy atom. The minimum Gasteiger partial charge on any atom is -0.377 e. The van der Waals surface area contributed by atoms with Crippen molar-refractivity contribution >= 4 is 11.3 Å². The minimum atomic E-state index is 0.159. The number of hydrogen-bond acceptors (Lipinski definition) is 4. The van der Waals surface area contributed by atoms with Gasteiger partial charge >= 0.3 is 0 Å². The molecule has 3 nitrogen and oxygen atoms in total. The molecule has 0 aromatic carbocycles. The van der Waals surface area contributed by atoms with Crippen LogP contribution in [-0.4, -0.2) is 11.0 Å². The average molecular weight is 240 g/mol. The van der Waals surface area contributed by atoms with E-state index in [2.05, 4.69) is 31.2 Å². The number of nitrogens with zero attached hydrogens (tertiary/aromatic N) is 1. The highest BCUT2D eigenvalue weighted by atomic mass is 32.1. The first-order chi connectivity index (χ1) is 7.55. The van der Waals surface area contributed by atoms with Crippen molar-refractivity contribution in [2.24, 2.45) is 0 Å². The SMILES string of the molecule is CC(C)(C)c1cnc(ONC2CCCC2)s1. The zero-order valence-electron chi connectivity index (χ0n) is 10.2. The molecule has 0 unspecified atom stereocenters. The topological polar surface area (TPSA) is 34.1 Å². The average Bonchev–Trinajstić information content (AvgIpc) is 2.85. The first-order valence-electron chi connectivity index (χ1n) is 5.94. The molecule has 90 valence electrons. The van der Waals surface area contributed by atoms with Crippen LogP contribution in [0, 0.1) is 0 Å². The number of nitrogens with one attached hydrogen (secondary N) is 1. The van der Waals surface area contributed by atoms with Crippen molar-refractivity contribution in [1.29, 1.82) is 0 Å². The molecule has 0 bridgehead atoms. The van der Waals surface area contributed by atoms with Gasteiger partial charge in [0.05, 0.1) is 0 Å². The third-order valence-corrected chi connectivity index (χ3v) is 4.19. The lowest BCUT2D eigenvalue weighted by molar-refractivity contribution is 0.156. The van der Waals surface area contributed by atoms with E-state index in [0.29, 0.717) is 6.04 Å². The van der Waals surface area contributed by atoms with Crippen LogP contribution in [0.1, 0.15) is 51.3 Å². The van der Waals surface area contributed by atoms with E-state index in [4.69, 9.17) is 4.84 Å². The van der Waals surface area contributed by atoms with Gasteiger partial charge in [0.2, 0.25) is 0 Å². The summed E-state index contributed by atoms with van der Waals surface area (Å²) in [5.41, 5.74) is 3.27. The van der Waals surface area contributed by atoms with E-state index in [1.165, 1.54) is 30.6 Å². The van der Waals surface area contributed by atoms with Gasteiger partial charge in [-0.3, -0.25) is 0 Å². The molecule has 0 spiro atoms. The number of rotatable bonds is 3. The zero-order chi connectivity index (χ0) is 11.6. The summed E-state index contributed by atoms with van der Waals surface area (Å²) in [5.74, 6) is 0. The van der Waals surface area contributed by atoms with Crippen molar-refractivity contribution in [3.63, 3.8) is 0 Å². The van der Waals surface area contributed by atoms with E-state index in [-0.39, 0.29) is 5.41 Å². The van der Waals surface area contributed by atoms with Crippen LogP contribution in [0.25, 0.3) is 0 Å². The lowest BCUT2D eigenvalue weighted by Gasteiger charge is -2.14. The summed E-state index contributed by atoms with van der Waals surface area (Å²) >= 11 is 1.63. The molecule has 1 aliphatic rings. The van der Waals surface area contributed by atoms with Crippen LogP contribution in [0.2, 0.25) is 0 Å². The molecular formula is C12H20N2OS. The fourth-order valence-electron chi connectivity index (χ4n) is 1.83. The summed E-state index contributed by atoms with van der Waals surface area (Å²) < 4.78 is 0. The number of aromatic nitrogens is 1. The molecule has 4 heteroatoms. The highest BCUT2D eigenvalue weighted by molar-refractivity contribution is 7.13. The molecule has 1 saturated carbocycles. The number of thiazole rings is 1. The quantitative estimate of drug-likeness (QED) is 0.823. The van der Waals surface area contributed by atoms with E-state index >= 15 is 0 Å². The van der Waals surface area contributed by atoms with Crippen LogP contribution < -0.4 is 10.3 Å². The Labute approximate surface area is 101 Å².